The number of urea groups is 1. The predicted octanol–water partition coefficient (Wildman–Crippen LogP) is -4.92. The lowest BCUT2D eigenvalue weighted by Gasteiger charge is -2.34. The summed E-state index contributed by atoms with van der Waals surface area (Å²) < 4.78 is 19.7. The third kappa shape index (κ3) is 5.74. The summed E-state index contributed by atoms with van der Waals surface area (Å²) in [7, 11) is 0. The first-order valence-corrected chi connectivity index (χ1v) is 14.0. The van der Waals surface area contributed by atoms with E-state index in [2.05, 4.69) is 25.4 Å². The molecular weight excluding hydrogens is 636 g/mol. The molecule has 47 heavy (non-hydrogen) atoms. The van der Waals surface area contributed by atoms with Gasteiger partial charge in [-0.2, -0.15) is 0 Å². The summed E-state index contributed by atoms with van der Waals surface area (Å²) >= 11 is 0. The van der Waals surface area contributed by atoms with Crippen molar-refractivity contribution in [3.8, 4) is 0 Å². The van der Waals surface area contributed by atoms with E-state index in [1.165, 1.54) is 4.57 Å². The van der Waals surface area contributed by atoms with Crippen molar-refractivity contribution in [2.24, 2.45) is 0 Å². The molecule has 5 heterocycles. The number of nitrogens with zero attached hydrogens (tertiary/aromatic N) is 6. The summed E-state index contributed by atoms with van der Waals surface area (Å²) in [6, 6.07) is -3.60. The maximum Gasteiger partial charge on any atom is 0.332 e. The van der Waals surface area contributed by atoms with Gasteiger partial charge < -0.3 is 50.3 Å². The maximum atomic E-state index is 14.1. The number of ether oxygens (including phenoxy) is 2. The van der Waals surface area contributed by atoms with Gasteiger partial charge in [-0.05, 0) is 13.8 Å². The van der Waals surface area contributed by atoms with Crippen LogP contribution in [0, 0.1) is 6.92 Å². The summed E-state index contributed by atoms with van der Waals surface area (Å²) in [6.07, 6.45) is -12.1. The zero-order valence-electron chi connectivity index (χ0n) is 25.5. The Kier molecular flexibility index (Phi) is 9.01. The van der Waals surface area contributed by atoms with Gasteiger partial charge in [0.05, 0.1) is 31.2 Å². The normalized spacial score (nSPS) is 29.1. The fourth-order valence-electron chi connectivity index (χ4n) is 5.53. The Morgan fingerprint density at radius 2 is 1.70 bits per heavy atom. The number of carboxylic acid groups (broad SMARTS) is 1. The zero-order valence-corrected chi connectivity index (χ0v) is 24.5. The second kappa shape index (κ2) is 13.0. The van der Waals surface area contributed by atoms with E-state index in [4.69, 9.17) is 10.9 Å². The first kappa shape index (κ1) is 32.5. The van der Waals surface area contributed by atoms with Gasteiger partial charge >= 0.3 is 17.7 Å². The molecule has 0 bridgehead atoms. The summed E-state index contributed by atoms with van der Waals surface area (Å²) in [4.78, 5) is 67.2. The van der Waals surface area contributed by atoms with Crippen LogP contribution in [-0.4, -0.2) is 145 Å². The van der Waals surface area contributed by atoms with Crippen molar-refractivity contribution < 1.29 is 59.9 Å². The first-order chi connectivity index (χ1) is 22.7. The number of hydrogen-bond acceptors (Lipinski definition) is 16. The Labute approximate surface area is 263 Å². The van der Waals surface area contributed by atoms with E-state index in [-0.39, 0.29) is 17.0 Å². The molecule has 0 aliphatic carbocycles. The minimum absolute atomic E-state index is 0.0598. The minimum Gasteiger partial charge on any atom is -0.480 e. The van der Waals surface area contributed by atoms with Crippen LogP contribution in [-0.2, 0) is 14.3 Å². The summed E-state index contributed by atoms with van der Waals surface area (Å²) in [5, 5.41) is 78.6. The highest BCUT2D eigenvalue weighted by molar-refractivity contribution is 6.07. The molecule has 0 saturated carbocycles. The van der Waals surface area contributed by atoms with Gasteiger partial charge in [0.1, 0.15) is 48.8 Å². The van der Waals surface area contributed by atoms with Crippen LogP contribution < -0.4 is 21.5 Å². The molecule has 3 aromatic heterocycles. The Balaban J connectivity index is 1.62. The molecule has 0 spiro atoms. The van der Waals surface area contributed by atoms with E-state index >= 15 is 0 Å². The molecule has 2 amide bonds. The van der Waals surface area contributed by atoms with E-state index in [9.17, 15) is 54.9 Å². The highest BCUT2D eigenvalue weighted by Gasteiger charge is 2.48. The van der Waals surface area contributed by atoms with Gasteiger partial charge in [-0.3, -0.25) is 24.6 Å². The number of amides is 2. The lowest BCUT2D eigenvalue weighted by molar-refractivity contribution is -0.140. The van der Waals surface area contributed by atoms with Crippen molar-refractivity contribution >= 4 is 34.8 Å². The number of anilines is 2. The molecule has 0 unspecified atom stereocenters. The van der Waals surface area contributed by atoms with E-state index in [1.54, 1.807) is 0 Å². The molecule has 2 aliphatic heterocycles. The third-order valence-corrected chi connectivity index (χ3v) is 7.91. The quantitative estimate of drug-likeness (QED) is 0.0966. The average Bonchev–Trinajstić information content (AvgIpc) is 3.67. The smallest absolute Gasteiger partial charge is 0.332 e. The van der Waals surface area contributed by atoms with Gasteiger partial charge in [-0.25, -0.2) is 33.9 Å². The summed E-state index contributed by atoms with van der Waals surface area (Å²) in [5.41, 5.74) is -3.06. The van der Waals surface area contributed by atoms with Crippen LogP contribution in [0.3, 0.4) is 0 Å². The lowest BCUT2D eigenvalue weighted by atomic mass is 10.1. The van der Waals surface area contributed by atoms with Crippen molar-refractivity contribution in [1.29, 1.82) is 1.43 Å². The van der Waals surface area contributed by atoms with Gasteiger partial charge in [0.2, 0.25) is 1.43 Å². The topological polar surface area (TPSA) is 328 Å². The monoisotopic (exact) mass is 670 g/mol. The van der Waals surface area contributed by atoms with Crippen LogP contribution in [0.2, 0.25) is 0 Å². The molecule has 256 valence electrons. The summed E-state index contributed by atoms with van der Waals surface area (Å²) in [5.74, 6) is -2.93. The number of imidazole rings is 1. The number of carboxylic acids is 1. The number of rotatable bonds is 10. The molecule has 2 saturated heterocycles. The predicted molar refractivity (Wildman–Crippen MR) is 152 cm³/mol. The number of nitrogens with one attached hydrogen (secondary N) is 2. The molecule has 0 radical (unpaired) electrons. The number of aliphatic carboxylic acids is 1. The standard InChI is InChI=1S/C25H32N8O14/c1-7-19(41)30-25(45)33(22-16(40)14(38)10(4-35)47-22)20(7)32(12(8(2)36)23(42)43)24(44)29-17-11-18(27-5-26-17)31(6-28-11)21-15(39)13(37)9(3-34)46-21/h5-6,8-10,12-16,21-22,34-40H,3-4H2,1-2H3,(H,42,43)(H,30,41,45)(H,26,27,29,44)/t8-,9-,10-,12+,13-,14-,15-,16-,21-,22-/m1/s1/i35T. The van der Waals surface area contributed by atoms with Gasteiger partial charge in [-0.15, -0.1) is 0 Å². The van der Waals surface area contributed by atoms with Crippen LogP contribution in [0.1, 0.15) is 24.9 Å². The highest BCUT2D eigenvalue weighted by atomic mass is 16.6. The van der Waals surface area contributed by atoms with Crippen LogP contribution in [0.5, 0.6) is 0 Å². The van der Waals surface area contributed by atoms with Crippen LogP contribution in [0.4, 0.5) is 16.4 Å². The van der Waals surface area contributed by atoms with Gasteiger partial charge in [0.25, 0.3) is 5.56 Å². The van der Waals surface area contributed by atoms with E-state index in [0.29, 0.717) is 9.47 Å². The second-order valence-corrected chi connectivity index (χ2v) is 10.9. The van der Waals surface area contributed by atoms with Gasteiger partial charge in [-0.1, -0.05) is 0 Å². The van der Waals surface area contributed by atoms with Crippen molar-refractivity contribution in [2.75, 3.05) is 23.4 Å². The van der Waals surface area contributed by atoms with Crippen molar-refractivity contribution in [3.63, 3.8) is 0 Å². The van der Waals surface area contributed by atoms with E-state index in [0.717, 1.165) is 26.5 Å². The molecule has 22 heteroatoms. The van der Waals surface area contributed by atoms with E-state index < -0.39 is 109 Å². The average molecular weight is 671 g/mol. The largest absolute Gasteiger partial charge is 0.480 e. The minimum atomic E-state index is -2.21. The van der Waals surface area contributed by atoms with E-state index in [1.807, 2.05) is 4.98 Å². The summed E-state index contributed by atoms with van der Waals surface area (Å²) in [6.45, 7) is 0.936. The molecular formula is C25H32N8O14. The number of aromatic amines is 1. The number of H-pyrrole nitrogens is 1. The Morgan fingerprint density at radius 3 is 2.30 bits per heavy atom. The molecule has 2 aliphatic rings. The second-order valence-electron chi connectivity index (χ2n) is 10.9. The fraction of sp³-hybridized carbons (Fsp3) is 0.560. The van der Waals surface area contributed by atoms with Crippen LogP contribution in [0.25, 0.3) is 11.2 Å². The molecule has 2 fully saturated rings. The molecule has 5 rings (SSSR count). The molecule has 3 aromatic rings. The van der Waals surface area contributed by atoms with Gasteiger partial charge in [0, 0.05) is 0 Å². The molecule has 0 aromatic carbocycles. The number of carbonyl (C=O) groups is 2. The zero-order chi connectivity index (χ0) is 35.2. The Morgan fingerprint density at radius 1 is 1.06 bits per heavy atom. The number of aromatic nitrogens is 6. The van der Waals surface area contributed by atoms with Gasteiger partial charge in [0.15, 0.2) is 35.5 Å². The Hall–Kier alpha value is -4.39. The van der Waals surface area contributed by atoms with Crippen molar-refractivity contribution in [1.82, 2.24) is 29.1 Å². The SMILES string of the molecule is [3H]OC[C@H]1O[C@@H](n2c(N(C(=O)Nc3ncnc4c3ncn4[C@@H]3O[C@H](CO)[C@@H](O)[C@H]3O)[C@H](C(=O)O)[C@@H](C)O)c(C)c(=O)[nH]c2=O)[C@H](O)[C@@H]1O. The number of fused-ring (bicyclic) bond motifs is 1. The first-order valence-electron chi connectivity index (χ1n) is 14.4. The number of carbonyl (C=O) groups excluding carboxylic acids is 1. The molecule has 10 atom stereocenters. The fourth-order valence-corrected chi connectivity index (χ4v) is 5.53. The molecule has 22 nitrogen and oxygen atoms in total. The number of aliphatic hydroxyl groups is 7. The molecule has 10 N–H and O–H groups in total. The number of hydrogen-bond donors (Lipinski definition) is 10. The van der Waals surface area contributed by atoms with Crippen molar-refractivity contribution in [2.45, 2.75) is 75.1 Å². The third-order valence-electron chi connectivity index (χ3n) is 7.91. The maximum absolute atomic E-state index is 14.1. The van der Waals surface area contributed by atoms with Crippen LogP contribution in [0.15, 0.2) is 22.2 Å². The highest BCUT2D eigenvalue weighted by Crippen LogP contribution is 2.35. The van der Waals surface area contributed by atoms with Crippen LogP contribution >= 0.6 is 0 Å². The Bertz CT molecular complexity index is 1800. The lowest BCUT2D eigenvalue weighted by Crippen LogP contribution is -2.56. The van der Waals surface area contributed by atoms with Crippen molar-refractivity contribution in [3.05, 3.63) is 39.1 Å². The number of aliphatic hydroxyl groups excluding tert-OH is 7.